The Morgan fingerprint density at radius 2 is 2.29 bits per heavy atom. The van der Waals surface area contributed by atoms with Gasteiger partial charge in [-0.1, -0.05) is 26.3 Å². The van der Waals surface area contributed by atoms with E-state index in [0.717, 1.165) is 19.0 Å². The molecule has 2 atom stereocenters. The second-order valence-corrected chi connectivity index (χ2v) is 4.77. The summed E-state index contributed by atoms with van der Waals surface area (Å²) in [6, 6.07) is 4.30. The highest BCUT2D eigenvalue weighted by Gasteiger charge is 2.06. The first-order chi connectivity index (χ1) is 6.74. The molecule has 14 heavy (non-hydrogen) atoms. The van der Waals surface area contributed by atoms with Gasteiger partial charge in [-0.2, -0.15) is 0 Å². The fraction of sp³-hybridized carbons (Fsp3) is 0.636. The minimum Gasteiger partial charge on any atom is -0.322 e. The first kappa shape index (κ1) is 11.7. The third-order valence-corrected chi connectivity index (χ3v) is 3.47. The van der Waals surface area contributed by atoms with Gasteiger partial charge in [-0.05, 0) is 23.9 Å². The lowest BCUT2D eigenvalue weighted by Gasteiger charge is -2.13. The fourth-order valence-corrected chi connectivity index (χ4v) is 1.96. The van der Waals surface area contributed by atoms with Crippen LogP contribution < -0.4 is 11.1 Å². The molecule has 0 bridgehead atoms. The van der Waals surface area contributed by atoms with Crippen LogP contribution in [0.1, 0.15) is 31.2 Å². The average Bonchev–Trinajstić information content (AvgIpc) is 2.70. The zero-order valence-electron chi connectivity index (χ0n) is 8.99. The lowest BCUT2D eigenvalue weighted by Crippen LogP contribution is -2.29. The molecule has 0 fully saturated rings. The second-order valence-electron chi connectivity index (χ2n) is 3.79. The van der Waals surface area contributed by atoms with E-state index >= 15 is 0 Å². The molecule has 80 valence electrons. The van der Waals surface area contributed by atoms with Crippen LogP contribution in [-0.2, 0) is 0 Å². The van der Waals surface area contributed by atoms with Crippen molar-refractivity contribution in [2.24, 2.45) is 11.7 Å². The van der Waals surface area contributed by atoms with E-state index in [-0.39, 0.29) is 6.04 Å². The normalized spacial score (nSPS) is 15.4. The third-order valence-electron chi connectivity index (χ3n) is 2.46. The summed E-state index contributed by atoms with van der Waals surface area (Å²) in [7, 11) is 0. The maximum absolute atomic E-state index is 6.02. The molecule has 3 heteroatoms. The molecule has 1 rings (SSSR count). The zero-order chi connectivity index (χ0) is 10.4. The fourth-order valence-electron chi connectivity index (χ4n) is 1.23. The Hall–Kier alpha value is -0.380. The highest BCUT2D eigenvalue weighted by Crippen LogP contribution is 2.15. The lowest BCUT2D eigenvalue weighted by atomic mass is 10.1. The highest BCUT2D eigenvalue weighted by atomic mass is 32.1. The van der Waals surface area contributed by atoms with Gasteiger partial charge in [-0.3, -0.25) is 0 Å². The van der Waals surface area contributed by atoms with Crippen LogP contribution in [0.5, 0.6) is 0 Å². The van der Waals surface area contributed by atoms with Crippen LogP contribution in [0.2, 0.25) is 0 Å². The number of hydrogen-bond acceptors (Lipinski definition) is 3. The maximum Gasteiger partial charge on any atom is 0.0516 e. The summed E-state index contributed by atoms with van der Waals surface area (Å²) >= 11 is 1.73. The summed E-state index contributed by atoms with van der Waals surface area (Å²) in [5.74, 6) is 0.741. The third kappa shape index (κ3) is 3.78. The van der Waals surface area contributed by atoms with E-state index in [9.17, 15) is 0 Å². The number of thiophene rings is 1. The topological polar surface area (TPSA) is 38.0 Å². The average molecular weight is 212 g/mol. The van der Waals surface area contributed by atoms with Gasteiger partial charge in [0, 0.05) is 11.4 Å². The molecular weight excluding hydrogens is 192 g/mol. The summed E-state index contributed by atoms with van der Waals surface area (Å²) in [5, 5.41) is 5.48. The van der Waals surface area contributed by atoms with Crippen LogP contribution in [0.25, 0.3) is 0 Å². The van der Waals surface area contributed by atoms with Crippen LogP contribution in [0, 0.1) is 5.92 Å². The van der Waals surface area contributed by atoms with Crippen molar-refractivity contribution in [2.45, 2.75) is 26.3 Å². The van der Waals surface area contributed by atoms with E-state index in [1.165, 1.54) is 11.3 Å². The molecule has 0 radical (unpaired) electrons. The number of nitrogens with one attached hydrogen (secondary N) is 1. The van der Waals surface area contributed by atoms with Crippen LogP contribution in [0.4, 0.5) is 0 Å². The van der Waals surface area contributed by atoms with Crippen molar-refractivity contribution >= 4 is 11.3 Å². The molecule has 1 heterocycles. The monoisotopic (exact) mass is 212 g/mol. The van der Waals surface area contributed by atoms with Crippen molar-refractivity contribution in [3.63, 3.8) is 0 Å². The van der Waals surface area contributed by atoms with Gasteiger partial charge in [-0.15, -0.1) is 11.3 Å². The largest absolute Gasteiger partial charge is 0.322 e. The summed E-state index contributed by atoms with van der Waals surface area (Å²) in [6.07, 6.45) is 1.22. The molecule has 0 aromatic carbocycles. The second kappa shape index (κ2) is 6.17. The van der Waals surface area contributed by atoms with Crippen molar-refractivity contribution in [1.82, 2.24) is 5.32 Å². The Bertz CT molecular complexity index is 233. The Labute approximate surface area is 90.5 Å². The van der Waals surface area contributed by atoms with E-state index in [0.29, 0.717) is 0 Å². The smallest absolute Gasteiger partial charge is 0.0516 e. The van der Waals surface area contributed by atoms with E-state index in [2.05, 4.69) is 36.7 Å². The van der Waals surface area contributed by atoms with E-state index in [4.69, 9.17) is 5.73 Å². The quantitative estimate of drug-likeness (QED) is 0.760. The van der Waals surface area contributed by atoms with Crippen LogP contribution in [-0.4, -0.2) is 13.1 Å². The first-order valence-corrected chi connectivity index (χ1v) is 6.11. The Morgan fingerprint density at radius 3 is 2.86 bits per heavy atom. The molecule has 1 aromatic rings. The van der Waals surface area contributed by atoms with E-state index < -0.39 is 0 Å². The van der Waals surface area contributed by atoms with Gasteiger partial charge < -0.3 is 11.1 Å². The van der Waals surface area contributed by atoms with Gasteiger partial charge in [-0.25, -0.2) is 0 Å². The molecule has 2 nitrogen and oxygen atoms in total. The van der Waals surface area contributed by atoms with Crippen molar-refractivity contribution in [2.75, 3.05) is 13.1 Å². The maximum atomic E-state index is 6.02. The molecule has 0 amide bonds. The summed E-state index contributed by atoms with van der Waals surface area (Å²) in [6.45, 7) is 6.41. The molecule has 1 aromatic heterocycles. The van der Waals surface area contributed by atoms with Gasteiger partial charge in [0.1, 0.15) is 0 Å². The van der Waals surface area contributed by atoms with Crippen LogP contribution >= 0.6 is 11.3 Å². The van der Waals surface area contributed by atoms with Gasteiger partial charge >= 0.3 is 0 Å². The first-order valence-electron chi connectivity index (χ1n) is 5.23. The Kier molecular flexibility index (Phi) is 5.15. The molecule has 0 aliphatic heterocycles. The number of nitrogens with two attached hydrogens (primary N) is 1. The minimum absolute atomic E-state index is 0.152. The zero-order valence-corrected chi connectivity index (χ0v) is 9.81. The lowest BCUT2D eigenvalue weighted by molar-refractivity contribution is 0.484. The van der Waals surface area contributed by atoms with Crippen molar-refractivity contribution in [3.8, 4) is 0 Å². The van der Waals surface area contributed by atoms with Gasteiger partial charge in [0.15, 0.2) is 0 Å². The number of rotatable bonds is 6. The molecule has 0 aliphatic rings. The van der Waals surface area contributed by atoms with E-state index in [1.54, 1.807) is 11.3 Å². The molecule has 3 N–H and O–H groups in total. The number of hydrogen-bond donors (Lipinski definition) is 2. The van der Waals surface area contributed by atoms with Crippen LogP contribution in [0.15, 0.2) is 17.5 Å². The SMILES string of the molecule is CCC(C)CNCC(N)c1cccs1. The van der Waals surface area contributed by atoms with Gasteiger partial charge in [0.25, 0.3) is 0 Å². The summed E-state index contributed by atoms with van der Waals surface area (Å²) in [5.41, 5.74) is 6.02. The summed E-state index contributed by atoms with van der Waals surface area (Å²) in [4.78, 5) is 1.27. The molecule has 2 unspecified atom stereocenters. The molecule has 0 aliphatic carbocycles. The Morgan fingerprint density at radius 1 is 1.50 bits per heavy atom. The van der Waals surface area contributed by atoms with Crippen molar-refractivity contribution < 1.29 is 0 Å². The molecule has 0 spiro atoms. The molecule has 0 saturated carbocycles. The van der Waals surface area contributed by atoms with Crippen molar-refractivity contribution in [3.05, 3.63) is 22.4 Å². The predicted molar refractivity (Wildman–Crippen MR) is 63.6 cm³/mol. The minimum atomic E-state index is 0.152. The van der Waals surface area contributed by atoms with Gasteiger partial charge in [0.2, 0.25) is 0 Å². The molecular formula is C11H20N2S. The standard InChI is InChI=1S/C11H20N2S/c1-3-9(2)7-13-8-10(12)11-5-4-6-14-11/h4-6,9-10,13H,3,7-8,12H2,1-2H3. The van der Waals surface area contributed by atoms with Crippen molar-refractivity contribution in [1.29, 1.82) is 0 Å². The molecule has 0 saturated heterocycles. The summed E-state index contributed by atoms with van der Waals surface area (Å²) < 4.78 is 0. The predicted octanol–water partition coefficient (Wildman–Crippen LogP) is 2.38. The van der Waals surface area contributed by atoms with Gasteiger partial charge in [0.05, 0.1) is 6.04 Å². The Balaban J connectivity index is 2.19. The van der Waals surface area contributed by atoms with E-state index in [1.807, 2.05) is 0 Å². The van der Waals surface area contributed by atoms with Crippen LogP contribution in [0.3, 0.4) is 0 Å². The highest BCUT2D eigenvalue weighted by molar-refractivity contribution is 7.10.